The van der Waals surface area contributed by atoms with Gasteiger partial charge < -0.3 is 111 Å². The second kappa shape index (κ2) is 39.9. The number of hydrogen-bond donors (Lipinski definition) is 4. The Kier molecular flexibility index (Phi) is 34.5. The molecule has 8 aliphatic rings. The van der Waals surface area contributed by atoms with Gasteiger partial charge in [0.15, 0.2) is 31.3 Å². The number of nitrogens with zero attached hydrogens (tertiary/aromatic N) is 2. The lowest BCUT2D eigenvalue weighted by Crippen LogP contribution is -2.61. The van der Waals surface area contributed by atoms with Crippen LogP contribution in [-0.4, -0.2) is 292 Å². The largest absolute Gasteiger partial charge is 0.458 e. The van der Waals surface area contributed by atoms with Crippen LogP contribution in [0.4, 0.5) is 0 Å². The Morgan fingerprint density at radius 1 is 0.469 bits per heavy atom. The summed E-state index contributed by atoms with van der Waals surface area (Å²) in [5, 5.41) is 41.3. The Bertz CT molecular complexity index is 3150. The minimum atomic E-state index is -1.26. The average Bonchev–Trinajstić information content (AvgIpc) is 1.70. The van der Waals surface area contributed by atoms with Gasteiger partial charge in [-0.2, -0.15) is 0 Å². The Hall–Kier alpha value is -4.03. The van der Waals surface area contributed by atoms with Crippen molar-refractivity contribution in [3.8, 4) is 0 Å². The van der Waals surface area contributed by atoms with Crippen LogP contribution in [0.25, 0.3) is 0 Å². The number of esters is 5. The van der Waals surface area contributed by atoms with E-state index in [-0.39, 0.29) is 74.4 Å². The molecule has 36 atom stereocenters. The van der Waals surface area contributed by atoms with Crippen molar-refractivity contribution in [2.24, 2.45) is 59.2 Å². The summed E-state index contributed by atoms with van der Waals surface area (Å²) >= 11 is 0. The number of hydrogen-bond acceptors (Lipinski definition) is 30. The molecule has 8 fully saturated rings. The highest BCUT2D eigenvalue weighted by molar-refractivity contribution is 5.86. The van der Waals surface area contributed by atoms with E-state index in [1.165, 1.54) is 21.1 Å². The van der Waals surface area contributed by atoms with Crippen molar-refractivity contribution >= 4 is 41.4 Å². The summed E-state index contributed by atoms with van der Waals surface area (Å²) in [5.41, 5.74) is -6.96. The van der Waals surface area contributed by atoms with Crippen molar-refractivity contribution in [3.63, 3.8) is 0 Å². The first-order valence-corrected chi connectivity index (χ1v) is 40.9. The molecule has 0 aliphatic carbocycles. The number of rotatable bonds is 17. The monoisotopic (exact) mass is 1620 g/mol. The smallest absolute Gasteiger partial charge is 0.311 e. The number of cyclic esters (lactones) is 2. The van der Waals surface area contributed by atoms with Gasteiger partial charge in [0.25, 0.3) is 0 Å². The molecule has 0 saturated carbocycles. The quantitative estimate of drug-likeness (QED) is 0.0809. The van der Waals surface area contributed by atoms with E-state index in [9.17, 15) is 48.9 Å². The second-order valence-corrected chi connectivity index (χ2v) is 35.4. The highest BCUT2D eigenvalue weighted by atomic mass is 16.7. The lowest BCUT2D eigenvalue weighted by Gasteiger charge is -2.50. The number of aliphatic hydroxyl groups excluding tert-OH is 4. The van der Waals surface area contributed by atoms with Gasteiger partial charge in [0.1, 0.15) is 58.9 Å². The molecule has 113 heavy (non-hydrogen) atoms. The zero-order valence-electron chi connectivity index (χ0n) is 73.4. The fourth-order valence-electron chi connectivity index (χ4n) is 19.7. The van der Waals surface area contributed by atoms with Crippen LogP contribution in [0.1, 0.15) is 210 Å². The van der Waals surface area contributed by atoms with Gasteiger partial charge in [-0.15, -0.1) is 0 Å². The van der Waals surface area contributed by atoms with Crippen molar-refractivity contribution in [3.05, 3.63) is 0 Å². The first kappa shape index (κ1) is 97.8. The molecule has 654 valence electrons. The summed E-state index contributed by atoms with van der Waals surface area (Å²) in [6.45, 7) is 37.6. The first-order chi connectivity index (χ1) is 52.5. The normalized spacial score (nSPS) is 46.7. The van der Waals surface area contributed by atoms with E-state index >= 15 is 0 Å². The molecular formula is C83H144N2O28. The fourth-order valence-corrected chi connectivity index (χ4v) is 19.7. The van der Waals surface area contributed by atoms with Crippen LogP contribution < -0.4 is 0 Å². The Labute approximate surface area is 671 Å². The summed E-state index contributed by atoms with van der Waals surface area (Å²) in [6, 6.07) is -0.551. The highest BCUT2D eigenvalue weighted by Gasteiger charge is 2.62. The molecule has 0 aromatic carbocycles. The van der Waals surface area contributed by atoms with Gasteiger partial charge in [-0.3, -0.25) is 33.6 Å². The third kappa shape index (κ3) is 21.4. The van der Waals surface area contributed by atoms with Crippen LogP contribution in [-0.2, 0) is 114 Å². The van der Waals surface area contributed by atoms with E-state index in [4.69, 9.17) is 85.6 Å². The molecule has 0 radical (unpaired) electrons. The van der Waals surface area contributed by atoms with Crippen LogP contribution >= 0.6 is 0 Å². The molecule has 2 unspecified atom stereocenters. The van der Waals surface area contributed by atoms with Gasteiger partial charge in [-0.05, 0) is 150 Å². The molecule has 8 saturated heterocycles. The van der Waals surface area contributed by atoms with E-state index < -0.39 is 221 Å². The van der Waals surface area contributed by atoms with E-state index in [0.717, 1.165) is 7.11 Å². The Morgan fingerprint density at radius 3 is 1.13 bits per heavy atom. The third-order valence-corrected chi connectivity index (χ3v) is 26.7. The van der Waals surface area contributed by atoms with Gasteiger partial charge in [0.05, 0.1) is 90.3 Å². The number of carbonyl (C=O) groups excluding carboxylic acids is 7. The summed E-state index contributed by atoms with van der Waals surface area (Å²) in [7, 11) is 14.7. The molecule has 0 aromatic rings. The van der Waals surface area contributed by atoms with E-state index in [2.05, 4.69) is 0 Å². The number of likely N-dealkylation sites (N-methyl/N-ethyl adjacent to an activating group) is 2. The number of aliphatic hydroxyl groups is 4. The van der Waals surface area contributed by atoms with E-state index in [1.807, 2.05) is 121 Å². The van der Waals surface area contributed by atoms with Crippen LogP contribution in [0.5, 0.6) is 0 Å². The van der Waals surface area contributed by atoms with Crippen LogP contribution in [0.3, 0.4) is 0 Å². The van der Waals surface area contributed by atoms with Crippen LogP contribution in [0.2, 0.25) is 0 Å². The summed E-state index contributed by atoms with van der Waals surface area (Å²) in [5.74, 6) is -9.59. The standard InChI is InChI=1S/C42H71NO14.C40H69NO13.CH4O/c1-16-30-42(11)28(18-31(45)57-42)23(4)33(46)21(2)19-40(9,49-14)36(56-39-34(47)29(43(12)13)17-22(3)51-39)24(5)35(25(6)38(48)54-30)55-32-20-41(10,50-15)37(26(7)52-32)53-27(8)44;1-15-28-40(10)26(17-29(42)54-40)22(4)31(43)20(2)18-39(9,48-14)35(53-37-32(44)27(41(11)12)16-21(3)49-37)23(5)33(24(6)36(46)51-28)52-30-19-38(8,47-13)34(45)25(7)50-30;1-2/h21-26,28-30,32,34-37,39,47H,16-20H2,1-15H3;20-28,30,32-35,37,44-45H,15-19H2,1-14H3;2H,1H3/t21-,22-,23-,24+,25-,26+,28-,29+,30-,32?,34-,35+,36-,37+,39+,40-,41+,42+;20-,21-,22-,23+,24-,25+,26-,27+,28-,30?,32-,33+,34+,35-,37+,38+,39-,40+;/m11./s1. The zero-order chi connectivity index (χ0) is 85.6. The topological polar surface area (TPSA) is 364 Å². The van der Waals surface area contributed by atoms with Crippen molar-refractivity contribution in [2.75, 3.05) is 63.7 Å². The second-order valence-electron chi connectivity index (χ2n) is 35.4. The number of methoxy groups -OCH3 is 4. The molecule has 0 bridgehead atoms. The van der Waals surface area contributed by atoms with Crippen molar-refractivity contribution in [2.45, 2.75) is 366 Å². The number of Topliss-reactive ketones (excluding diaryl/α,β-unsaturated/α-hetero) is 2. The van der Waals surface area contributed by atoms with Gasteiger partial charge in [0, 0.05) is 115 Å². The van der Waals surface area contributed by atoms with Gasteiger partial charge in [0.2, 0.25) is 0 Å². The van der Waals surface area contributed by atoms with Gasteiger partial charge in [-0.1, -0.05) is 55.4 Å². The van der Waals surface area contributed by atoms with E-state index in [0.29, 0.717) is 25.7 Å². The number of ether oxygens (including phenoxy) is 17. The molecule has 8 heterocycles. The lowest BCUT2D eigenvalue weighted by atomic mass is 9.70. The predicted octanol–water partition coefficient (Wildman–Crippen LogP) is 7.48. The van der Waals surface area contributed by atoms with Crippen LogP contribution in [0.15, 0.2) is 0 Å². The Morgan fingerprint density at radius 2 is 0.805 bits per heavy atom. The molecular weight excluding hydrogens is 1470 g/mol. The van der Waals surface area contributed by atoms with Gasteiger partial charge >= 0.3 is 29.8 Å². The van der Waals surface area contributed by atoms with Crippen molar-refractivity contribution in [1.82, 2.24) is 9.80 Å². The number of carbonyl (C=O) groups is 7. The maximum atomic E-state index is 14.5. The molecule has 0 spiro atoms. The molecule has 30 heteroatoms. The summed E-state index contributed by atoms with van der Waals surface area (Å²) < 4.78 is 107. The lowest BCUT2D eigenvalue weighted by molar-refractivity contribution is -0.320. The minimum absolute atomic E-state index is 0.00171. The van der Waals surface area contributed by atoms with Gasteiger partial charge in [-0.25, -0.2) is 0 Å². The first-order valence-electron chi connectivity index (χ1n) is 40.9. The highest BCUT2D eigenvalue weighted by Crippen LogP contribution is 2.50. The molecule has 8 rings (SSSR count). The molecule has 30 nitrogen and oxygen atoms in total. The number of fused-ring (bicyclic) bond motifs is 2. The van der Waals surface area contributed by atoms with E-state index in [1.54, 1.807) is 69.6 Å². The number of ketones is 2. The average molecular weight is 1620 g/mol. The molecule has 0 amide bonds. The minimum Gasteiger partial charge on any atom is -0.458 e. The maximum absolute atomic E-state index is 14.5. The van der Waals surface area contributed by atoms with Crippen molar-refractivity contribution in [1.29, 1.82) is 0 Å². The zero-order valence-corrected chi connectivity index (χ0v) is 73.4. The van der Waals surface area contributed by atoms with Crippen LogP contribution in [0, 0.1) is 59.2 Å². The SMILES string of the molecule is CC[C@H]1OC(=O)[C@H](C)[C@@H](OC2C[C@](C)(OC)[C@@H](O)[C@H](C)O2)[C@H](C)[C@@H](O[C@@H]2O[C@H](C)C[C@H](N(C)C)[C@H]2O)[C@](C)(OC)C[C@@H](C)C(=O)[C@H](C)[C@H]2CC(=O)O[C@@]21C.CC[C@H]1OC(=O)[C@H](C)[C@@H](OC2C[C@](C)(OC)[C@@H](OC(C)=O)[C@H](C)O2)[C@H](C)[C@@H](O[C@@H]2O[C@H](C)C[C@H](N(C)C)[C@H]2O)[C@](C)(OC)C[C@@H](C)C(=O)[C@H](C)[C@H]2CC(=O)O[C@@]21C.CO. The summed E-state index contributed by atoms with van der Waals surface area (Å²) in [6.07, 6.45) is -12.7. The molecule has 8 aliphatic heterocycles. The Balaban J connectivity index is 0.000000345. The predicted molar refractivity (Wildman–Crippen MR) is 412 cm³/mol. The maximum Gasteiger partial charge on any atom is 0.311 e. The van der Waals surface area contributed by atoms with Crippen molar-refractivity contribution < 1.29 is 135 Å². The molecule has 0 aromatic heterocycles. The fraction of sp³-hybridized carbons (Fsp3) is 0.916. The summed E-state index contributed by atoms with van der Waals surface area (Å²) in [4.78, 5) is 99.7. The third-order valence-electron chi connectivity index (χ3n) is 26.7. The molecule has 4 N–H and O–H groups in total.